The van der Waals surface area contributed by atoms with Crippen LogP contribution in [0.3, 0.4) is 0 Å². The number of benzene rings is 3. The van der Waals surface area contributed by atoms with Crippen LogP contribution in [0.1, 0.15) is 121 Å². The van der Waals surface area contributed by atoms with E-state index in [2.05, 4.69) is 164 Å². The minimum absolute atomic E-state index is 0.321. The molecule has 5 heteroatoms. The molecule has 0 aliphatic heterocycles. The first kappa shape index (κ1) is 38.6. The standard InChI is InChI=1S/C50H62N4O/c1-12-13-16-36-21-22-51-48(23-36)53-46-18-15-14-17-42(46)43-20-19-40(29-47(43)53)55-41-25-37(30(2)3)24-39(28-41)54-35(11)49(34(10)52-54)50-44(32(6)7)26-38(31(4)5)27-45(50)33(8)9/h14-15,17-26,28-33,38,45,50H,12-13,16,27H2,1-11H3/t38-,45?,50-/m0/s1. The highest BCUT2D eigenvalue weighted by Gasteiger charge is 2.39. The van der Waals surface area contributed by atoms with Gasteiger partial charge in [-0.15, -0.1) is 0 Å². The molecule has 6 aromatic rings. The Hall–Kier alpha value is -4.64. The molecule has 0 saturated heterocycles. The van der Waals surface area contributed by atoms with Crippen molar-refractivity contribution >= 4 is 21.8 Å². The van der Waals surface area contributed by atoms with Crippen LogP contribution in [-0.2, 0) is 6.42 Å². The van der Waals surface area contributed by atoms with E-state index in [-0.39, 0.29) is 0 Å². The summed E-state index contributed by atoms with van der Waals surface area (Å²) in [6, 6.07) is 26.2. The third-order valence-corrected chi connectivity index (χ3v) is 12.3. The molecule has 0 fully saturated rings. The number of fused-ring (bicyclic) bond motifs is 3. The number of para-hydroxylation sites is 1. The highest BCUT2D eigenvalue weighted by molar-refractivity contribution is 6.09. The molecule has 5 nitrogen and oxygen atoms in total. The molecule has 1 aliphatic carbocycles. The van der Waals surface area contributed by atoms with Gasteiger partial charge in [-0.3, -0.25) is 4.57 Å². The van der Waals surface area contributed by atoms with Crippen molar-refractivity contribution in [1.82, 2.24) is 19.3 Å². The van der Waals surface area contributed by atoms with Gasteiger partial charge < -0.3 is 4.74 Å². The van der Waals surface area contributed by atoms with Gasteiger partial charge in [0.1, 0.15) is 17.3 Å². The molecule has 0 N–H and O–H groups in total. The molecule has 3 aromatic heterocycles. The summed E-state index contributed by atoms with van der Waals surface area (Å²) in [5.41, 5.74) is 11.2. The van der Waals surface area contributed by atoms with Gasteiger partial charge in [-0.05, 0) is 122 Å². The number of hydrogen-bond acceptors (Lipinski definition) is 3. The van der Waals surface area contributed by atoms with Crippen LogP contribution >= 0.6 is 0 Å². The van der Waals surface area contributed by atoms with E-state index in [9.17, 15) is 0 Å². The molecule has 0 amide bonds. The maximum Gasteiger partial charge on any atom is 0.137 e. The molecule has 3 atom stereocenters. The van der Waals surface area contributed by atoms with E-state index < -0.39 is 0 Å². The van der Waals surface area contributed by atoms with Crippen molar-refractivity contribution in [3.8, 4) is 23.0 Å². The van der Waals surface area contributed by atoms with Crippen LogP contribution in [0, 0.1) is 43.4 Å². The van der Waals surface area contributed by atoms with Crippen LogP contribution in [0.5, 0.6) is 11.5 Å². The van der Waals surface area contributed by atoms with Gasteiger partial charge in [-0.25, -0.2) is 9.67 Å². The van der Waals surface area contributed by atoms with Crippen molar-refractivity contribution in [3.63, 3.8) is 0 Å². The van der Waals surface area contributed by atoms with Gasteiger partial charge in [0.25, 0.3) is 0 Å². The summed E-state index contributed by atoms with van der Waals surface area (Å²) in [4.78, 5) is 4.88. The predicted octanol–water partition coefficient (Wildman–Crippen LogP) is 13.9. The fraction of sp³-hybridized carbons (Fsp3) is 0.440. The Morgan fingerprint density at radius 1 is 0.782 bits per heavy atom. The second-order valence-electron chi connectivity index (χ2n) is 17.5. The van der Waals surface area contributed by atoms with E-state index in [4.69, 9.17) is 14.8 Å². The monoisotopic (exact) mass is 734 g/mol. The molecule has 0 saturated carbocycles. The summed E-state index contributed by atoms with van der Waals surface area (Å²) < 4.78 is 11.3. The third kappa shape index (κ3) is 7.52. The number of nitrogens with zero attached hydrogens (tertiary/aromatic N) is 4. The normalized spacial score (nSPS) is 17.7. The van der Waals surface area contributed by atoms with Crippen molar-refractivity contribution in [2.45, 2.75) is 114 Å². The van der Waals surface area contributed by atoms with Crippen molar-refractivity contribution in [2.75, 3.05) is 0 Å². The zero-order valence-corrected chi connectivity index (χ0v) is 35.1. The quantitative estimate of drug-likeness (QED) is 0.118. The molecule has 3 heterocycles. The molecular formula is C50H62N4O. The smallest absolute Gasteiger partial charge is 0.137 e. The fourth-order valence-corrected chi connectivity index (χ4v) is 9.16. The van der Waals surface area contributed by atoms with Crippen LogP contribution in [0.2, 0.25) is 0 Å². The molecule has 0 radical (unpaired) electrons. The Morgan fingerprint density at radius 3 is 2.25 bits per heavy atom. The highest BCUT2D eigenvalue weighted by Crippen LogP contribution is 2.50. The number of rotatable bonds is 12. The molecule has 0 spiro atoms. The third-order valence-electron chi connectivity index (χ3n) is 12.3. The summed E-state index contributed by atoms with van der Waals surface area (Å²) in [5.74, 6) is 6.14. The van der Waals surface area contributed by atoms with Crippen molar-refractivity contribution in [2.24, 2.45) is 29.6 Å². The van der Waals surface area contributed by atoms with E-state index >= 15 is 0 Å². The number of pyridine rings is 1. The van der Waals surface area contributed by atoms with E-state index in [1.165, 1.54) is 52.4 Å². The van der Waals surface area contributed by atoms with Gasteiger partial charge in [0.05, 0.1) is 22.4 Å². The lowest BCUT2D eigenvalue weighted by molar-refractivity contribution is 0.232. The zero-order valence-electron chi connectivity index (χ0n) is 35.1. The van der Waals surface area contributed by atoms with E-state index in [0.717, 1.165) is 46.2 Å². The first-order valence-corrected chi connectivity index (χ1v) is 21.0. The average Bonchev–Trinajstić information content (AvgIpc) is 3.65. The van der Waals surface area contributed by atoms with Crippen LogP contribution in [0.4, 0.5) is 0 Å². The Bertz CT molecular complexity index is 2330. The number of aryl methyl sites for hydroxylation is 2. The van der Waals surface area contributed by atoms with Crippen molar-refractivity contribution in [3.05, 3.63) is 119 Å². The Balaban J connectivity index is 1.31. The molecule has 3 aromatic carbocycles. The second kappa shape index (κ2) is 15.8. The molecule has 1 unspecified atom stereocenters. The molecule has 55 heavy (non-hydrogen) atoms. The summed E-state index contributed by atoms with van der Waals surface area (Å²) in [7, 11) is 0. The predicted molar refractivity (Wildman–Crippen MR) is 231 cm³/mol. The molecule has 1 aliphatic rings. The topological polar surface area (TPSA) is 44.9 Å². The van der Waals surface area contributed by atoms with Gasteiger partial charge in [0.2, 0.25) is 0 Å². The fourth-order valence-electron chi connectivity index (χ4n) is 9.16. The first-order chi connectivity index (χ1) is 26.4. The first-order valence-electron chi connectivity index (χ1n) is 21.0. The van der Waals surface area contributed by atoms with Gasteiger partial charge in [-0.1, -0.05) is 98.6 Å². The zero-order chi connectivity index (χ0) is 39.1. The van der Waals surface area contributed by atoms with E-state index in [1.54, 1.807) is 5.57 Å². The SMILES string of the molecule is CCCCc1ccnc(-n2c3ccccc3c3ccc(Oc4cc(C(C)C)cc(-n5nc(C)c([C@H]6C(C(C)C)=C[C@H](C(C)C)CC6C(C)C)c5C)c4)cc32)c1. The van der Waals surface area contributed by atoms with Gasteiger partial charge in [0.15, 0.2) is 0 Å². The van der Waals surface area contributed by atoms with Gasteiger partial charge in [0, 0.05) is 46.3 Å². The minimum atomic E-state index is 0.321. The molecule has 7 rings (SSSR count). The largest absolute Gasteiger partial charge is 0.457 e. The lowest BCUT2D eigenvalue weighted by Gasteiger charge is -2.41. The summed E-state index contributed by atoms with van der Waals surface area (Å²) in [6.07, 6.45) is 9.20. The lowest BCUT2D eigenvalue weighted by atomic mass is 9.63. The van der Waals surface area contributed by atoms with Gasteiger partial charge in [-0.2, -0.15) is 5.10 Å². The number of hydrogen-bond donors (Lipinski definition) is 0. The number of unbranched alkanes of at least 4 members (excludes halogenated alkanes) is 1. The van der Waals surface area contributed by atoms with Crippen LogP contribution in [0.25, 0.3) is 33.3 Å². The number of ether oxygens (including phenoxy) is 1. The molecular weight excluding hydrogens is 673 g/mol. The van der Waals surface area contributed by atoms with Gasteiger partial charge >= 0.3 is 0 Å². The Kier molecular flexibility index (Phi) is 11.1. The van der Waals surface area contributed by atoms with E-state index in [1.807, 2.05) is 6.20 Å². The molecule has 0 bridgehead atoms. The minimum Gasteiger partial charge on any atom is -0.457 e. The maximum absolute atomic E-state index is 6.84. The summed E-state index contributed by atoms with van der Waals surface area (Å²) in [5, 5.41) is 7.70. The molecule has 288 valence electrons. The second-order valence-corrected chi connectivity index (χ2v) is 17.5. The number of allylic oxidation sites excluding steroid dienone is 2. The van der Waals surface area contributed by atoms with Crippen molar-refractivity contribution < 1.29 is 4.74 Å². The van der Waals surface area contributed by atoms with E-state index in [0.29, 0.717) is 41.4 Å². The summed E-state index contributed by atoms with van der Waals surface area (Å²) in [6.45, 7) is 25.6. The number of aromatic nitrogens is 4. The van der Waals surface area contributed by atoms with Crippen LogP contribution in [-0.4, -0.2) is 19.3 Å². The van der Waals surface area contributed by atoms with Crippen LogP contribution < -0.4 is 4.74 Å². The average molecular weight is 735 g/mol. The summed E-state index contributed by atoms with van der Waals surface area (Å²) >= 11 is 0. The lowest BCUT2D eigenvalue weighted by Crippen LogP contribution is -2.31. The Labute approximate surface area is 329 Å². The highest BCUT2D eigenvalue weighted by atomic mass is 16.5. The Morgan fingerprint density at radius 2 is 1.55 bits per heavy atom. The maximum atomic E-state index is 6.84. The van der Waals surface area contributed by atoms with Crippen LogP contribution in [0.15, 0.2) is 90.6 Å². The van der Waals surface area contributed by atoms with Crippen molar-refractivity contribution in [1.29, 1.82) is 0 Å².